The van der Waals surface area contributed by atoms with Gasteiger partial charge in [0.05, 0.1) is 56.6 Å². The number of halogens is 6. The molecule has 58 heavy (non-hydrogen) atoms. The Kier molecular flexibility index (Phi) is 9.59. The van der Waals surface area contributed by atoms with Crippen LogP contribution in [-0.2, 0) is 30.8 Å². The molecule has 0 bridgehead atoms. The van der Waals surface area contributed by atoms with Gasteiger partial charge >= 0.3 is 12.1 Å². The molecule has 2 saturated heterocycles. The fourth-order valence-electron chi connectivity index (χ4n) is 9.11. The second-order valence-corrected chi connectivity index (χ2v) is 16.0. The van der Waals surface area contributed by atoms with Crippen molar-refractivity contribution in [3.8, 4) is 11.5 Å². The zero-order chi connectivity index (χ0) is 41.6. The number of pyridine rings is 1. The van der Waals surface area contributed by atoms with Crippen LogP contribution in [0.4, 0.5) is 24.7 Å². The van der Waals surface area contributed by atoms with Gasteiger partial charge in [-0.05, 0) is 94.3 Å². The number of alkyl halides is 3. The Labute approximate surface area is 345 Å². The molecule has 1 saturated carbocycles. The summed E-state index contributed by atoms with van der Waals surface area (Å²) in [6.07, 6.45) is -2.61. The van der Waals surface area contributed by atoms with Crippen LogP contribution in [-0.4, -0.2) is 56.9 Å². The van der Waals surface area contributed by atoms with Crippen LogP contribution in [0.3, 0.4) is 0 Å². The third-order valence-electron chi connectivity index (χ3n) is 11.5. The summed E-state index contributed by atoms with van der Waals surface area (Å²) in [7, 11) is 1.32. The number of carbonyl (C=O) groups excluding carboxylic acids is 4. The first kappa shape index (κ1) is 39.4. The molecule has 3 N–H and O–H groups in total. The molecule has 4 aromatic rings. The molecule has 4 aliphatic rings. The second kappa shape index (κ2) is 14.1. The van der Waals surface area contributed by atoms with Gasteiger partial charge in [-0.15, -0.1) is 0 Å². The van der Waals surface area contributed by atoms with Crippen molar-refractivity contribution >= 4 is 80.2 Å². The minimum atomic E-state index is -4.79. The fourth-order valence-corrected chi connectivity index (χ4v) is 9.90. The molecule has 6 unspecified atom stereocenters. The predicted molar refractivity (Wildman–Crippen MR) is 205 cm³/mol. The van der Waals surface area contributed by atoms with Gasteiger partial charge in [0.2, 0.25) is 11.8 Å². The SMILES string of the molecule is COc1cc(C2C3=CCC4C(=O)N(c5cccc(C(=O)O)c5)C(=O)C4C3CC3C(=O)N(Nc4ncc(C(F)(F)F)cc4Cl)C(=O)C32c2ccc(Cl)cc2)cc(Br)c1O. The van der Waals surface area contributed by atoms with E-state index in [0.717, 1.165) is 4.90 Å². The van der Waals surface area contributed by atoms with E-state index in [9.17, 15) is 42.6 Å². The van der Waals surface area contributed by atoms with Crippen LogP contribution in [0.1, 0.15) is 45.8 Å². The summed E-state index contributed by atoms with van der Waals surface area (Å²) in [6, 6.07) is 15.3. The van der Waals surface area contributed by atoms with Gasteiger partial charge in [-0.2, -0.15) is 18.2 Å². The molecule has 2 aliphatic carbocycles. The molecule has 2 aliphatic heterocycles. The topological polar surface area (TPSA) is 166 Å². The number of hydrazine groups is 1. The van der Waals surface area contributed by atoms with Gasteiger partial charge in [-0.1, -0.05) is 53.1 Å². The number of amides is 4. The summed E-state index contributed by atoms with van der Waals surface area (Å²) >= 11 is 16.0. The van der Waals surface area contributed by atoms with Gasteiger partial charge in [-0.3, -0.25) is 29.5 Å². The average molecular weight is 900 g/mol. The number of aromatic hydroxyl groups is 1. The summed E-state index contributed by atoms with van der Waals surface area (Å²) in [5.74, 6) is -9.97. The Balaban J connectivity index is 1.33. The van der Waals surface area contributed by atoms with Crippen LogP contribution in [0.25, 0.3) is 0 Å². The van der Waals surface area contributed by atoms with Crippen molar-refractivity contribution in [3.63, 3.8) is 0 Å². The number of imide groups is 2. The summed E-state index contributed by atoms with van der Waals surface area (Å²) < 4.78 is 46.2. The molecule has 6 atom stereocenters. The maximum atomic E-state index is 15.4. The number of hydrogen-bond donors (Lipinski definition) is 3. The second-order valence-electron chi connectivity index (χ2n) is 14.3. The van der Waals surface area contributed by atoms with E-state index in [4.69, 9.17) is 27.9 Å². The Morgan fingerprint density at radius 1 is 1.00 bits per heavy atom. The molecule has 3 fully saturated rings. The number of nitrogens with one attached hydrogen (secondary N) is 1. The molecule has 0 radical (unpaired) electrons. The number of methoxy groups -OCH3 is 1. The predicted octanol–water partition coefficient (Wildman–Crippen LogP) is 7.77. The summed E-state index contributed by atoms with van der Waals surface area (Å²) in [5.41, 5.74) is 0.714. The van der Waals surface area contributed by atoms with Crippen molar-refractivity contribution in [2.75, 3.05) is 17.4 Å². The lowest BCUT2D eigenvalue weighted by Crippen LogP contribution is -2.53. The number of fused-ring (bicyclic) bond motifs is 4. The number of anilines is 2. The third kappa shape index (κ3) is 5.94. The highest BCUT2D eigenvalue weighted by Gasteiger charge is 2.70. The van der Waals surface area contributed by atoms with E-state index in [2.05, 4.69) is 26.3 Å². The zero-order valence-corrected chi connectivity index (χ0v) is 32.9. The van der Waals surface area contributed by atoms with E-state index in [0.29, 0.717) is 39.0 Å². The van der Waals surface area contributed by atoms with Crippen LogP contribution < -0.4 is 15.1 Å². The number of allylic oxidation sites excluding steroid dienone is 2. The number of carbonyl (C=O) groups is 5. The first-order chi connectivity index (χ1) is 27.5. The number of nitrogens with zero attached hydrogens (tertiary/aromatic N) is 3. The molecule has 0 spiro atoms. The third-order valence-corrected chi connectivity index (χ3v) is 12.7. The number of phenols is 1. The van der Waals surface area contributed by atoms with Gasteiger partial charge < -0.3 is 14.9 Å². The highest BCUT2D eigenvalue weighted by atomic mass is 79.9. The van der Waals surface area contributed by atoms with Crippen LogP contribution >= 0.6 is 39.1 Å². The zero-order valence-electron chi connectivity index (χ0n) is 29.8. The van der Waals surface area contributed by atoms with Gasteiger partial charge in [0.1, 0.15) is 0 Å². The molecule has 4 amide bonds. The molecular formula is C40H28BrCl2F3N4O8. The Hall–Kier alpha value is -5.45. The molecule has 3 heterocycles. The Morgan fingerprint density at radius 2 is 1.72 bits per heavy atom. The summed E-state index contributed by atoms with van der Waals surface area (Å²) in [6.45, 7) is 0. The maximum Gasteiger partial charge on any atom is 0.417 e. The van der Waals surface area contributed by atoms with Crippen LogP contribution in [0.2, 0.25) is 10.0 Å². The van der Waals surface area contributed by atoms with Gasteiger partial charge in [0.15, 0.2) is 17.3 Å². The van der Waals surface area contributed by atoms with E-state index in [-0.39, 0.29) is 40.1 Å². The average Bonchev–Trinajstić information content (AvgIpc) is 3.57. The lowest BCUT2D eigenvalue weighted by molar-refractivity contribution is -0.139. The number of carboxylic acid groups (broad SMARTS) is 1. The normalized spacial score (nSPS) is 25.3. The number of aromatic nitrogens is 1. The monoisotopic (exact) mass is 898 g/mol. The van der Waals surface area contributed by atoms with E-state index in [1.165, 1.54) is 49.6 Å². The molecule has 8 rings (SSSR count). The highest BCUT2D eigenvalue weighted by molar-refractivity contribution is 9.10. The lowest BCUT2D eigenvalue weighted by atomic mass is 9.49. The first-order valence-corrected chi connectivity index (χ1v) is 19.1. The number of hydrogen-bond acceptors (Lipinski definition) is 9. The van der Waals surface area contributed by atoms with Crippen molar-refractivity contribution in [2.45, 2.75) is 30.4 Å². The molecule has 12 nitrogen and oxygen atoms in total. The first-order valence-electron chi connectivity index (χ1n) is 17.6. The summed E-state index contributed by atoms with van der Waals surface area (Å²) in [4.78, 5) is 75.6. The quantitative estimate of drug-likeness (QED) is 0.123. The van der Waals surface area contributed by atoms with Gasteiger partial charge in [-0.25, -0.2) is 9.78 Å². The van der Waals surface area contributed by atoms with E-state index in [1.54, 1.807) is 24.3 Å². The van der Waals surface area contributed by atoms with Crippen LogP contribution in [0, 0.1) is 23.7 Å². The highest BCUT2D eigenvalue weighted by Crippen LogP contribution is 2.65. The Morgan fingerprint density at radius 3 is 2.38 bits per heavy atom. The minimum Gasteiger partial charge on any atom is -0.503 e. The smallest absolute Gasteiger partial charge is 0.417 e. The fraction of sp³-hybridized carbons (Fsp3) is 0.250. The lowest BCUT2D eigenvalue weighted by Gasteiger charge is -2.50. The minimum absolute atomic E-state index is 0.00712. The van der Waals surface area contributed by atoms with E-state index >= 15 is 4.79 Å². The van der Waals surface area contributed by atoms with E-state index < -0.39 is 87.2 Å². The van der Waals surface area contributed by atoms with Crippen molar-refractivity contribution in [1.29, 1.82) is 0 Å². The van der Waals surface area contributed by atoms with Crippen LogP contribution in [0.15, 0.2) is 89.0 Å². The summed E-state index contributed by atoms with van der Waals surface area (Å²) in [5, 5.41) is 21.0. The standard InChI is InChI=1S/C40H28BrCl2F3N4O8/c1-58-29-13-18(12-27(41)32(29)51)31-23-9-10-24-30(36(54)49(34(24)52)22-4-2-3-17(11-22)37(55)56)25(23)15-26-35(53)50(38(57)39(26,31)19-5-7-21(42)8-6-19)48-33-28(43)14-20(16-47-33)40(44,45)46/h2-9,11-14,16,24-26,30-31,51H,10,15H2,1H3,(H,47,48)(H,55,56). The number of benzene rings is 3. The molecular weight excluding hydrogens is 872 g/mol. The van der Waals surface area contributed by atoms with Gasteiger partial charge in [0, 0.05) is 17.1 Å². The van der Waals surface area contributed by atoms with Crippen molar-refractivity contribution < 1.29 is 52.1 Å². The molecule has 1 aromatic heterocycles. The molecule has 3 aromatic carbocycles. The van der Waals surface area contributed by atoms with Crippen molar-refractivity contribution in [3.05, 3.63) is 121 Å². The number of aromatic carboxylic acids is 1. The number of ether oxygens (including phenoxy) is 1. The van der Waals surface area contributed by atoms with Crippen LogP contribution in [0.5, 0.6) is 11.5 Å². The van der Waals surface area contributed by atoms with E-state index in [1.807, 2.05) is 0 Å². The van der Waals surface area contributed by atoms with Gasteiger partial charge in [0.25, 0.3) is 11.8 Å². The van der Waals surface area contributed by atoms with Crippen molar-refractivity contribution in [1.82, 2.24) is 9.99 Å². The largest absolute Gasteiger partial charge is 0.503 e. The number of carboxylic acids is 1. The number of phenolic OH excluding ortho intramolecular Hbond substituents is 1. The molecule has 18 heteroatoms. The Bertz CT molecular complexity index is 2500. The van der Waals surface area contributed by atoms with Crippen molar-refractivity contribution in [2.24, 2.45) is 23.7 Å². The number of rotatable bonds is 7. The molecule has 298 valence electrons. The maximum absolute atomic E-state index is 15.4.